The number of aromatic nitrogens is 1. The molecule has 0 radical (unpaired) electrons. The summed E-state index contributed by atoms with van der Waals surface area (Å²) in [7, 11) is -4.11. The van der Waals surface area contributed by atoms with E-state index in [1.165, 1.54) is 24.3 Å². The third kappa shape index (κ3) is 4.29. The number of nitriles is 1. The molecule has 0 atom stereocenters. The zero-order valence-electron chi connectivity index (χ0n) is 19.3. The highest BCUT2D eigenvalue weighted by atomic mass is 32.2. The number of ether oxygens (including phenoxy) is 1. The molecule has 4 rings (SSSR count). The molecule has 0 unspecified atom stereocenters. The van der Waals surface area contributed by atoms with Crippen molar-refractivity contribution in [2.24, 2.45) is 5.73 Å². The van der Waals surface area contributed by atoms with Gasteiger partial charge in [0.05, 0.1) is 17.7 Å². The van der Waals surface area contributed by atoms with E-state index in [-0.39, 0.29) is 43.3 Å². The monoisotopic (exact) mass is 562 g/mol. The number of nitrogens with two attached hydrogens (primary N) is 3. The number of benzene rings is 2. The lowest BCUT2D eigenvalue weighted by molar-refractivity contribution is -0.115. The van der Waals surface area contributed by atoms with E-state index in [0.29, 0.717) is 0 Å². The Hall–Kier alpha value is -4.55. The highest BCUT2D eigenvalue weighted by Gasteiger charge is 2.48. The molecule has 2 heterocycles. The summed E-state index contributed by atoms with van der Waals surface area (Å²) in [6.07, 6.45) is -5.42. The molecule has 0 fully saturated rings. The van der Waals surface area contributed by atoms with Crippen molar-refractivity contribution in [2.45, 2.75) is 11.2 Å². The fraction of sp³-hybridized carbons (Fsp3) is 0.0870. The van der Waals surface area contributed by atoms with Crippen LogP contribution in [0.1, 0.15) is 15.2 Å². The minimum atomic E-state index is -5.42. The lowest BCUT2D eigenvalue weighted by Gasteiger charge is -2.28. The van der Waals surface area contributed by atoms with Gasteiger partial charge in [-0.1, -0.05) is 24.3 Å². The predicted molar refractivity (Wildman–Crippen MR) is 136 cm³/mol. The number of thiophene rings is 1. The molecule has 15 heteroatoms. The smallest absolute Gasteiger partial charge is 0.495 e. The number of hydrogen-bond donors (Lipinski definition) is 3. The van der Waals surface area contributed by atoms with Crippen LogP contribution in [0.5, 0.6) is 5.75 Å². The SMILES string of the molecule is COc1ccc(-c2c(C#N)c(N)nc3sc(C(N)=O)c(N)c23)cc1N(C(F)(F)F)S(=O)(=O)c1ccccc1. The first kappa shape index (κ1) is 26.5. The number of nitrogens with zero attached hydrogens (tertiary/aromatic N) is 3. The van der Waals surface area contributed by atoms with Crippen molar-refractivity contribution in [3.63, 3.8) is 0 Å². The number of anilines is 3. The molecule has 10 nitrogen and oxygen atoms in total. The number of pyridine rings is 1. The Morgan fingerprint density at radius 1 is 1.16 bits per heavy atom. The summed E-state index contributed by atoms with van der Waals surface area (Å²) in [5.74, 6) is -1.60. The van der Waals surface area contributed by atoms with Crippen molar-refractivity contribution in [1.82, 2.24) is 4.98 Å². The summed E-state index contributed by atoms with van der Waals surface area (Å²) in [5.41, 5.74) is 16.0. The zero-order valence-corrected chi connectivity index (χ0v) is 20.9. The van der Waals surface area contributed by atoms with Gasteiger partial charge in [0.1, 0.15) is 38.6 Å². The first-order valence-corrected chi connectivity index (χ1v) is 12.7. The molecule has 38 heavy (non-hydrogen) atoms. The molecule has 0 spiro atoms. The van der Waals surface area contributed by atoms with Crippen molar-refractivity contribution < 1.29 is 31.1 Å². The molecule has 1 amide bonds. The Morgan fingerprint density at radius 2 is 1.82 bits per heavy atom. The Labute approximate surface area is 217 Å². The van der Waals surface area contributed by atoms with Crippen molar-refractivity contribution >= 4 is 54.7 Å². The standard InChI is InChI=1S/C23H17F3N6O4S2/c1-36-15-8-7-11(9-14(15)32(23(24,25)26)38(34,35)12-5-3-2-4-6-12)16-13(10-27)20(29)31-22-17(16)18(28)19(37-22)21(30)33/h2-9H,28H2,1H3,(H2,29,31)(H2,30,33). The summed E-state index contributed by atoms with van der Waals surface area (Å²) in [6, 6.07) is 11.2. The number of methoxy groups -OCH3 is 1. The summed E-state index contributed by atoms with van der Waals surface area (Å²) in [5, 5.41) is 9.85. The highest BCUT2D eigenvalue weighted by molar-refractivity contribution is 7.92. The maximum atomic E-state index is 14.4. The van der Waals surface area contributed by atoms with Gasteiger partial charge in [-0.3, -0.25) is 4.79 Å². The van der Waals surface area contributed by atoms with E-state index in [0.717, 1.165) is 42.7 Å². The normalized spacial score (nSPS) is 11.8. The number of halogens is 3. The van der Waals surface area contributed by atoms with Crippen LogP contribution < -0.4 is 26.2 Å². The largest absolute Gasteiger partial charge is 0.498 e. The van der Waals surface area contributed by atoms with Crippen LogP contribution in [-0.4, -0.2) is 32.7 Å². The van der Waals surface area contributed by atoms with Crippen LogP contribution in [0.15, 0.2) is 53.4 Å². The summed E-state index contributed by atoms with van der Waals surface area (Å²) < 4.78 is 74.0. The van der Waals surface area contributed by atoms with E-state index >= 15 is 0 Å². The average molecular weight is 563 g/mol. The number of carbonyl (C=O) groups is 1. The number of fused-ring (bicyclic) bond motifs is 1. The summed E-state index contributed by atoms with van der Waals surface area (Å²) in [4.78, 5) is 15.3. The topological polar surface area (TPSA) is 178 Å². The first-order valence-electron chi connectivity index (χ1n) is 10.4. The maximum Gasteiger partial charge on any atom is 0.498 e. The molecule has 2 aromatic heterocycles. The predicted octanol–water partition coefficient (Wildman–Crippen LogP) is 3.82. The molecular weight excluding hydrogens is 545 g/mol. The molecule has 196 valence electrons. The minimum Gasteiger partial charge on any atom is -0.495 e. The molecule has 0 aliphatic rings. The van der Waals surface area contributed by atoms with Gasteiger partial charge in [-0.05, 0) is 29.8 Å². The van der Waals surface area contributed by atoms with Gasteiger partial charge >= 0.3 is 6.30 Å². The minimum absolute atomic E-state index is 0.0511. The van der Waals surface area contributed by atoms with Gasteiger partial charge in [0.15, 0.2) is 0 Å². The van der Waals surface area contributed by atoms with Crippen molar-refractivity contribution in [3.8, 4) is 22.9 Å². The maximum absolute atomic E-state index is 14.4. The molecular formula is C23H17F3N6O4S2. The fourth-order valence-corrected chi connectivity index (χ4v) is 6.21. The fourth-order valence-electron chi connectivity index (χ4n) is 3.86. The number of hydrogen-bond acceptors (Lipinski definition) is 9. The van der Waals surface area contributed by atoms with Gasteiger partial charge in [0, 0.05) is 10.9 Å². The molecule has 0 saturated carbocycles. The number of alkyl halides is 3. The number of nitrogen functional groups attached to an aromatic ring is 2. The number of carbonyl (C=O) groups excluding carboxylic acids is 1. The zero-order chi connectivity index (χ0) is 28.0. The van der Waals surface area contributed by atoms with Crippen LogP contribution >= 0.6 is 11.3 Å². The molecule has 0 aliphatic carbocycles. The first-order chi connectivity index (χ1) is 17.8. The van der Waals surface area contributed by atoms with E-state index in [2.05, 4.69) is 4.98 Å². The number of rotatable bonds is 6. The Balaban J connectivity index is 2.10. The van der Waals surface area contributed by atoms with Gasteiger partial charge in [-0.2, -0.15) is 9.57 Å². The second-order valence-electron chi connectivity index (χ2n) is 7.69. The molecule has 4 aromatic rings. The summed E-state index contributed by atoms with van der Waals surface area (Å²) >= 11 is 0.787. The number of amides is 1. The second kappa shape index (κ2) is 9.39. The second-order valence-corrected chi connectivity index (χ2v) is 10.5. The molecule has 0 bridgehead atoms. The lowest BCUT2D eigenvalue weighted by Crippen LogP contribution is -2.43. The van der Waals surface area contributed by atoms with E-state index in [1.807, 2.05) is 6.07 Å². The van der Waals surface area contributed by atoms with Crippen molar-refractivity contribution in [2.75, 3.05) is 22.9 Å². The third-order valence-corrected chi connectivity index (χ3v) is 8.30. The quantitative estimate of drug-likeness (QED) is 0.297. The molecule has 0 saturated heterocycles. The molecule has 6 N–H and O–H groups in total. The number of primary amides is 1. The van der Waals surface area contributed by atoms with Gasteiger partial charge in [-0.15, -0.1) is 24.5 Å². The van der Waals surface area contributed by atoms with Crippen LogP contribution in [0.4, 0.5) is 30.4 Å². The van der Waals surface area contributed by atoms with E-state index in [4.69, 9.17) is 21.9 Å². The molecule has 0 aliphatic heterocycles. The van der Waals surface area contributed by atoms with Crippen LogP contribution in [0, 0.1) is 11.3 Å². The van der Waals surface area contributed by atoms with Crippen LogP contribution in [0.25, 0.3) is 21.3 Å². The van der Waals surface area contributed by atoms with E-state index in [9.17, 15) is 31.6 Å². The average Bonchev–Trinajstić information content (AvgIpc) is 3.18. The van der Waals surface area contributed by atoms with E-state index < -0.39 is 42.9 Å². The Bertz CT molecular complexity index is 1730. The van der Waals surface area contributed by atoms with Gasteiger partial charge in [0.25, 0.3) is 15.9 Å². The lowest BCUT2D eigenvalue weighted by atomic mass is 9.96. The van der Waals surface area contributed by atoms with Crippen molar-refractivity contribution in [1.29, 1.82) is 5.26 Å². The van der Waals surface area contributed by atoms with Crippen LogP contribution in [0.2, 0.25) is 0 Å². The number of sulfonamides is 1. The van der Waals surface area contributed by atoms with Gasteiger partial charge in [-0.25, -0.2) is 13.4 Å². The Kier molecular flexibility index (Phi) is 6.55. The Morgan fingerprint density at radius 3 is 2.37 bits per heavy atom. The van der Waals surface area contributed by atoms with Crippen molar-refractivity contribution in [3.05, 3.63) is 59.0 Å². The molecule has 2 aromatic carbocycles. The van der Waals surface area contributed by atoms with Crippen LogP contribution in [0.3, 0.4) is 0 Å². The summed E-state index contributed by atoms with van der Waals surface area (Å²) in [6.45, 7) is 0. The van der Waals surface area contributed by atoms with Gasteiger partial charge < -0.3 is 21.9 Å². The van der Waals surface area contributed by atoms with Gasteiger partial charge in [0.2, 0.25) is 0 Å². The van der Waals surface area contributed by atoms with E-state index in [1.54, 1.807) is 0 Å². The highest BCUT2D eigenvalue weighted by Crippen LogP contribution is 2.46. The van der Waals surface area contributed by atoms with Crippen LogP contribution in [-0.2, 0) is 10.0 Å². The third-order valence-electron chi connectivity index (χ3n) is 5.44.